The van der Waals surface area contributed by atoms with Gasteiger partial charge in [0, 0.05) is 30.7 Å². The van der Waals surface area contributed by atoms with E-state index in [1.807, 2.05) is 0 Å². The van der Waals surface area contributed by atoms with Gasteiger partial charge in [0.1, 0.15) is 11.6 Å². The molecule has 4 nitrogen and oxygen atoms in total. The van der Waals surface area contributed by atoms with E-state index in [9.17, 15) is 14.4 Å². The molecule has 0 saturated heterocycles. The predicted octanol–water partition coefficient (Wildman–Crippen LogP) is 3.28. The van der Waals surface area contributed by atoms with Gasteiger partial charge in [-0.1, -0.05) is 19.8 Å². The standard InChI is InChI=1S/C21H31NO3/c1-20-8-3-2-4-17(20)18(24)12-14-15(20)7-9-21(10-11-22-13-23)16(14)5-6-19(21)25/h13-17H,2-12H2,1H3,(H,22,23)/t14-,15+,16+,17?,20-,21-/m1/s1. The van der Waals surface area contributed by atoms with Crippen LogP contribution in [-0.2, 0) is 14.4 Å². The number of nitrogens with one attached hydrogen (secondary N) is 1. The van der Waals surface area contributed by atoms with Crippen molar-refractivity contribution >= 4 is 18.0 Å². The molecule has 0 spiro atoms. The van der Waals surface area contributed by atoms with Crippen LogP contribution in [0.5, 0.6) is 0 Å². The van der Waals surface area contributed by atoms with Crippen molar-refractivity contribution in [3.8, 4) is 0 Å². The molecule has 6 atom stereocenters. The molecule has 4 aliphatic rings. The van der Waals surface area contributed by atoms with Gasteiger partial charge in [-0.25, -0.2) is 0 Å². The number of hydrogen-bond acceptors (Lipinski definition) is 3. The van der Waals surface area contributed by atoms with E-state index in [0.717, 1.165) is 38.5 Å². The van der Waals surface area contributed by atoms with E-state index in [4.69, 9.17) is 0 Å². The van der Waals surface area contributed by atoms with Crippen LogP contribution >= 0.6 is 0 Å². The third kappa shape index (κ3) is 2.43. The van der Waals surface area contributed by atoms with E-state index < -0.39 is 0 Å². The minimum Gasteiger partial charge on any atom is -0.359 e. The van der Waals surface area contributed by atoms with Crippen molar-refractivity contribution in [1.29, 1.82) is 0 Å². The minimum atomic E-state index is -0.269. The predicted molar refractivity (Wildman–Crippen MR) is 94.8 cm³/mol. The van der Waals surface area contributed by atoms with Gasteiger partial charge < -0.3 is 5.32 Å². The summed E-state index contributed by atoms with van der Waals surface area (Å²) in [7, 11) is 0. The van der Waals surface area contributed by atoms with E-state index in [1.165, 1.54) is 19.3 Å². The quantitative estimate of drug-likeness (QED) is 0.628. The van der Waals surface area contributed by atoms with E-state index >= 15 is 0 Å². The van der Waals surface area contributed by atoms with E-state index in [0.29, 0.717) is 48.7 Å². The van der Waals surface area contributed by atoms with Crippen LogP contribution in [0.25, 0.3) is 0 Å². The molecule has 1 amide bonds. The highest BCUT2D eigenvalue weighted by Gasteiger charge is 2.62. The number of carbonyl (C=O) groups excluding carboxylic acids is 3. The molecule has 0 aliphatic heterocycles. The number of hydrogen-bond donors (Lipinski definition) is 1. The Hall–Kier alpha value is -1.19. The molecule has 0 radical (unpaired) electrons. The highest BCUT2D eigenvalue weighted by molar-refractivity contribution is 5.88. The van der Waals surface area contributed by atoms with Gasteiger partial charge in [0.05, 0.1) is 0 Å². The van der Waals surface area contributed by atoms with Gasteiger partial charge in [-0.2, -0.15) is 0 Å². The van der Waals surface area contributed by atoms with Crippen molar-refractivity contribution in [2.24, 2.45) is 34.5 Å². The lowest BCUT2D eigenvalue weighted by Gasteiger charge is -2.59. The fourth-order valence-corrected chi connectivity index (χ4v) is 7.49. The SMILES string of the molecule is C[C@]12CCCCC1C(=O)C[C@H]1[C@@H]3CCC(=O)[C@@]3(CCNC=O)CC[C@@H]12. The largest absolute Gasteiger partial charge is 0.359 e. The molecule has 4 saturated carbocycles. The summed E-state index contributed by atoms with van der Waals surface area (Å²) in [5, 5.41) is 2.76. The molecule has 0 aromatic heterocycles. The second-order valence-corrected chi connectivity index (χ2v) is 9.33. The van der Waals surface area contributed by atoms with Crippen LogP contribution in [0.1, 0.15) is 71.1 Å². The molecule has 4 heteroatoms. The summed E-state index contributed by atoms with van der Waals surface area (Å²) in [6.07, 6.45) is 10.6. The molecule has 0 aromatic carbocycles. The zero-order valence-electron chi connectivity index (χ0n) is 15.4. The fourth-order valence-electron chi connectivity index (χ4n) is 7.49. The smallest absolute Gasteiger partial charge is 0.207 e. The van der Waals surface area contributed by atoms with Crippen LogP contribution in [0.4, 0.5) is 0 Å². The first-order valence-corrected chi connectivity index (χ1v) is 10.3. The van der Waals surface area contributed by atoms with Gasteiger partial charge in [0.2, 0.25) is 6.41 Å². The van der Waals surface area contributed by atoms with Crippen molar-refractivity contribution < 1.29 is 14.4 Å². The van der Waals surface area contributed by atoms with E-state index in [-0.39, 0.29) is 16.7 Å². The van der Waals surface area contributed by atoms with Crippen molar-refractivity contribution in [2.75, 3.05) is 6.54 Å². The normalized spacial score (nSPS) is 46.1. The Morgan fingerprint density at radius 2 is 1.96 bits per heavy atom. The van der Waals surface area contributed by atoms with Crippen LogP contribution in [0.15, 0.2) is 0 Å². The molecular formula is C21H31NO3. The highest BCUT2D eigenvalue weighted by atomic mass is 16.1. The first kappa shape index (κ1) is 17.2. The third-order valence-electron chi connectivity index (χ3n) is 8.61. The number of Topliss-reactive ketones (excluding diaryl/α,β-unsaturated/α-hetero) is 2. The fraction of sp³-hybridized carbons (Fsp3) is 0.857. The third-order valence-corrected chi connectivity index (χ3v) is 8.61. The number of ketones is 2. The first-order chi connectivity index (χ1) is 12.0. The van der Waals surface area contributed by atoms with Gasteiger partial charge in [-0.15, -0.1) is 0 Å². The highest BCUT2D eigenvalue weighted by Crippen LogP contribution is 2.65. The van der Waals surface area contributed by atoms with Crippen molar-refractivity contribution in [1.82, 2.24) is 5.32 Å². The number of fused-ring (bicyclic) bond motifs is 5. The van der Waals surface area contributed by atoms with Crippen LogP contribution < -0.4 is 5.32 Å². The van der Waals surface area contributed by atoms with Crippen LogP contribution in [-0.4, -0.2) is 24.5 Å². The summed E-state index contributed by atoms with van der Waals surface area (Å²) >= 11 is 0. The molecule has 4 fully saturated rings. The number of amides is 1. The van der Waals surface area contributed by atoms with Crippen molar-refractivity contribution in [2.45, 2.75) is 71.1 Å². The maximum atomic E-state index is 13.0. The van der Waals surface area contributed by atoms with Crippen LogP contribution in [0.3, 0.4) is 0 Å². The molecule has 1 unspecified atom stereocenters. The first-order valence-electron chi connectivity index (χ1n) is 10.3. The Labute approximate surface area is 150 Å². The zero-order chi connectivity index (χ0) is 17.7. The second kappa shape index (κ2) is 6.21. The van der Waals surface area contributed by atoms with Crippen LogP contribution in [0.2, 0.25) is 0 Å². The zero-order valence-corrected chi connectivity index (χ0v) is 15.4. The summed E-state index contributed by atoms with van der Waals surface area (Å²) in [5.41, 5.74) is -0.105. The summed E-state index contributed by atoms with van der Waals surface area (Å²) in [4.78, 5) is 36.5. The molecule has 138 valence electrons. The molecule has 0 heterocycles. The van der Waals surface area contributed by atoms with Gasteiger partial charge in [-0.3, -0.25) is 14.4 Å². The molecule has 0 bridgehead atoms. The number of rotatable bonds is 4. The molecule has 4 aliphatic carbocycles. The van der Waals surface area contributed by atoms with Crippen molar-refractivity contribution in [3.05, 3.63) is 0 Å². The lowest BCUT2D eigenvalue weighted by molar-refractivity contribution is -0.157. The van der Waals surface area contributed by atoms with Gasteiger partial charge in [0.15, 0.2) is 0 Å². The van der Waals surface area contributed by atoms with E-state index in [2.05, 4.69) is 12.2 Å². The molecule has 0 aromatic rings. The Kier molecular flexibility index (Phi) is 4.28. The average Bonchev–Trinajstić information content (AvgIpc) is 2.93. The monoisotopic (exact) mass is 345 g/mol. The van der Waals surface area contributed by atoms with Gasteiger partial charge >= 0.3 is 0 Å². The van der Waals surface area contributed by atoms with Gasteiger partial charge in [-0.05, 0) is 61.7 Å². The average molecular weight is 345 g/mol. The van der Waals surface area contributed by atoms with Gasteiger partial charge in [0.25, 0.3) is 0 Å². The Bertz CT molecular complexity index is 588. The summed E-state index contributed by atoms with van der Waals surface area (Å²) in [5.74, 6) is 2.50. The maximum absolute atomic E-state index is 13.0. The van der Waals surface area contributed by atoms with Crippen molar-refractivity contribution in [3.63, 3.8) is 0 Å². The minimum absolute atomic E-state index is 0.164. The molecule has 25 heavy (non-hydrogen) atoms. The molecular weight excluding hydrogens is 314 g/mol. The topological polar surface area (TPSA) is 63.2 Å². The molecule has 4 rings (SSSR count). The lowest BCUT2D eigenvalue weighted by atomic mass is 9.44. The Morgan fingerprint density at radius 1 is 1.12 bits per heavy atom. The van der Waals surface area contributed by atoms with Crippen LogP contribution in [0, 0.1) is 34.5 Å². The maximum Gasteiger partial charge on any atom is 0.207 e. The molecule has 1 N–H and O–H groups in total. The lowest BCUT2D eigenvalue weighted by Crippen LogP contribution is -2.56. The second-order valence-electron chi connectivity index (χ2n) is 9.33. The summed E-state index contributed by atoms with van der Waals surface area (Å²) in [6.45, 7) is 2.96. The summed E-state index contributed by atoms with van der Waals surface area (Å²) in [6, 6.07) is 0. The summed E-state index contributed by atoms with van der Waals surface area (Å²) < 4.78 is 0. The Balaban J connectivity index is 1.64. The van der Waals surface area contributed by atoms with E-state index in [1.54, 1.807) is 0 Å². The Morgan fingerprint density at radius 3 is 2.76 bits per heavy atom. The number of carbonyl (C=O) groups is 3.